The fraction of sp³-hybridized carbons (Fsp3) is 0.625. The Labute approximate surface area is 91.0 Å². The van der Waals surface area contributed by atoms with Crippen molar-refractivity contribution in [3.8, 4) is 0 Å². The van der Waals surface area contributed by atoms with E-state index < -0.39 is 30.3 Å². The maximum atomic E-state index is 11.1. The Morgan fingerprint density at radius 2 is 1.44 bits per heavy atom. The molecule has 0 saturated heterocycles. The van der Waals surface area contributed by atoms with Crippen LogP contribution < -0.4 is 0 Å². The monoisotopic (exact) mass is 236 g/mol. The zero-order valence-electron chi connectivity index (χ0n) is 8.96. The fourth-order valence-corrected chi connectivity index (χ4v) is 0.754. The Balaban J connectivity index is 4.72. The van der Waals surface area contributed by atoms with Crippen molar-refractivity contribution in [3.63, 3.8) is 0 Å². The maximum Gasteiger partial charge on any atom is 0.508 e. The third-order valence-corrected chi connectivity index (χ3v) is 1.55. The van der Waals surface area contributed by atoms with E-state index in [0.717, 1.165) is 21.3 Å². The molecule has 92 valence electrons. The predicted octanol–water partition coefficient (Wildman–Crippen LogP) is -1.16. The lowest BCUT2D eigenvalue weighted by molar-refractivity contribution is -0.171. The molecule has 8 nitrogen and oxygen atoms in total. The first-order valence-electron chi connectivity index (χ1n) is 4.06. The van der Waals surface area contributed by atoms with Gasteiger partial charge >= 0.3 is 18.1 Å². The number of carbonyl (C=O) groups excluding carboxylic acids is 3. The second kappa shape index (κ2) is 6.62. The van der Waals surface area contributed by atoms with Gasteiger partial charge in [0.15, 0.2) is 6.10 Å². The molecule has 0 amide bonds. The van der Waals surface area contributed by atoms with Crippen molar-refractivity contribution in [1.82, 2.24) is 0 Å². The third-order valence-electron chi connectivity index (χ3n) is 1.55. The van der Waals surface area contributed by atoms with Crippen LogP contribution in [-0.2, 0) is 28.5 Å². The van der Waals surface area contributed by atoms with Crippen molar-refractivity contribution in [2.75, 3.05) is 21.3 Å². The van der Waals surface area contributed by atoms with Crippen LogP contribution in [0.4, 0.5) is 4.79 Å². The molecule has 0 radical (unpaired) electrons. The Kier molecular flexibility index (Phi) is 5.86. The number of methoxy groups -OCH3 is 3. The third kappa shape index (κ3) is 3.73. The van der Waals surface area contributed by atoms with Gasteiger partial charge in [-0.3, -0.25) is 0 Å². The van der Waals surface area contributed by atoms with Gasteiger partial charge in [-0.05, 0) is 0 Å². The lowest BCUT2D eigenvalue weighted by Gasteiger charge is -2.18. The van der Waals surface area contributed by atoms with Crippen molar-refractivity contribution in [1.29, 1.82) is 0 Å². The van der Waals surface area contributed by atoms with E-state index in [1.807, 2.05) is 0 Å². The minimum atomic E-state index is -1.98. The Hall–Kier alpha value is -1.83. The molecular weight excluding hydrogens is 224 g/mol. The van der Waals surface area contributed by atoms with Gasteiger partial charge in [-0.25, -0.2) is 14.4 Å². The highest BCUT2D eigenvalue weighted by Crippen LogP contribution is 2.05. The van der Waals surface area contributed by atoms with Gasteiger partial charge in [-0.2, -0.15) is 0 Å². The molecule has 0 aliphatic heterocycles. The van der Waals surface area contributed by atoms with Crippen molar-refractivity contribution in [3.05, 3.63) is 0 Å². The van der Waals surface area contributed by atoms with Crippen LogP contribution in [0.25, 0.3) is 0 Å². The van der Waals surface area contributed by atoms with Crippen molar-refractivity contribution in [2.24, 2.45) is 0 Å². The van der Waals surface area contributed by atoms with Crippen LogP contribution in [0.15, 0.2) is 0 Å². The van der Waals surface area contributed by atoms with Crippen LogP contribution >= 0.6 is 0 Å². The Morgan fingerprint density at radius 3 is 1.81 bits per heavy atom. The van der Waals surface area contributed by atoms with Gasteiger partial charge in [-0.1, -0.05) is 0 Å². The molecule has 16 heavy (non-hydrogen) atoms. The Bertz CT molecular complexity index is 273. The van der Waals surface area contributed by atoms with Crippen LogP contribution in [0.1, 0.15) is 0 Å². The quantitative estimate of drug-likeness (QED) is 0.481. The van der Waals surface area contributed by atoms with Gasteiger partial charge in [0.2, 0.25) is 6.10 Å². The van der Waals surface area contributed by atoms with Gasteiger partial charge in [0, 0.05) is 0 Å². The lowest BCUT2D eigenvalue weighted by Crippen LogP contribution is -2.44. The summed E-state index contributed by atoms with van der Waals surface area (Å²) in [7, 11) is 3.00. The van der Waals surface area contributed by atoms with Crippen molar-refractivity contribution >= 4 is 18.1 Å². The van der Waals surface area contributed by atoms with Crippen LogP contribution in [0.5, 0.6) is 0 Å². The number of carbonyl (C=O) groups is 3. The van der Waals surface area contributed by atoms with Crippen LogP contribution in [0.3, 0.4) is 0 Å². The summed E-state index contributed by atoms with van der Waals surface area (Å²) >= 11 is 0. The zero-order chi connectivity index (χ0) is 12.7. The number of hydrogen-bond donors (Lipinski definition) is 1. The van der Waals surface area contributed by atoms with Gasteiger partial charge in [-0.15, -0.1) is 0 Å². The summed E-state index contributed by atoms with van der Waals surface area (Å²) in [5, 5.41) is 9.32. The molecule has 0 aliphatic carbocycles. The van der Waals surface area contributed by atoms with Crippen molar-refractivity contribution in [2.45, 2.75) is 12.2 Å². The van der Waals surface area contributed by atoms with Crippen LogP contribution in [-0.4, -0.2) is 56.7 Å². The zero-order valence-corrected chi connectivity index (χ0v) is 8.96. The first-order valence-corrected chi connectivity index (χ1v) is 4.06. The molecule has 0 bridgehead atoms. The molecule has 0 aromatic carbocycles. The number of rotatable bonds is 4. The standard InChI is InChI=1S/C8H12O8/c1-13-6(10)4(9)5(7(11)14-2)16-8(12)15-3/h4-5,9H,1-3H3. The molecule has 2 unspecified atom stereocenters. The first kappa shape index (κ1) is 14.2. The lowest BCUT2D eigenvalue weighted by atomic mass is 10.2. The van der Waals surface area contributed by atoms with E-state index in [0.29, 0.717) is 0 Å². The number of esters is 2. The molecule has 0 aromatic rings. The van der Waals surface area contributed by atoms with Gasteiger partial charge in [0.1, 0.15) is 0 Å². The number of hydrogen-bond acceptors (Lipinski definition) is 8. The summed E-state index contributed by atoms with van der Waals surface area (Å²) in [5.74, 6) is -2.25. The molecular formula is C8H12O8. The molecule has 0 fully saturated rings. The molecule has 0 aliphatic rings. The first-order chi connectivity index (χ1) is 7.47. The fourth-order valence-electron chi connectivity index (χ4n) is 0.754. The van der Waals surface area contributed by atoms with Gasteiger partial charge < -0.3 is 24.1 Å². The highest BCUT2D eigenvalue weighted by Gasteiger charge is 2.37. The van der Waals surface area contributed by atoms with E-state index in [9.17, 15) is 19.5 Å². The number of ether oxygens (including phenoxy) is 4. The van der Waals surface area contributed by atoms with Crippen molar-refractivity contribution < 1.29 is 38.4 Å². The molecule has 0 saturated carbocycles. The molecule has 2 atom stereocenters. The Morgan fingerprint density at radius 1 is 0.938 bits per heavy atom. The second-order valence-electron chi connectivity index (χ2n) is 2.48. The molecule has 0 aromatic heterocycles. The maximum absolute atomic E-state index is 11.1. The minimum Gasteiger partial charge on any atom is -0.467 e. The summed E-state index contributed by atoms with van der Waals surface area (Å²) in [4.78, 5) is 32.8. The highest BCUT2D eigenvalue weighted by molar-refractivity contribution is 5.86. The average Bonchev–Trinajstić information content (AvgIpc) is 2.32. The van der Waals surface area contributed by atoms with Gasteiger partial charge in [0.25, 0.3) is 0 Å². The summed E-state index contributed by atoms with van der Waals surface area (Å²) in [6, 6.07) is 0. The summed E-state index contributed by atoms with van der Waals surface area (Å²) in [6.45, 7) is 0. The molecule has 0 rings (SSSR count). The molecule has 1 N–H and O–H groups in total. The molecule has 0 spiro atoms. The average molecular weight is 236 g/mol. The minimum absolute atomic E-state index is 0.998. The SMILES string of the molecule is COC(=O)OC(C(=O)OC)C(O)C(=O)OC. The van der Waals surface area contributed by atoms with Gasteiger partial charge in [0.05, 0.1) is 21.3 Å². The molecule has 8 heteroatoms. The van der Waals surface area contributed by atoms with Crippen LogP contribution in [0, 0.1) is 0 Å². The van der Waals surface area contributed by atoms with E-state index in [1.54, 1.807) is 0 Å². The summed E-state index contributed by atoms with van der Waals surface area (Å²) in [5.41, 5.74) is 0. The number of aliphatic hydroxyl groups excluding tert-OH is 1. The van der Waals surface area contributed by atoms with E-state index in [-0.39, 0.29) is 0 Å². The second-order valence-corrected chi connectivity index (χ2v) is 2.48. The molecule has 0 heterocycles. The highest BCUT2D eigenvalue weighted by atomic mass is 16.7. The van der Waals surface area contributed by atoms with E-state index in [1.165, 1.54) is 0 Å². The predicted molar refractivity (Wildman–Crippen MR) is 47.3 cm³/mol. The van der Waals surface area contributed by atoms with E-state index in [4.69, 9.17) is 0 Å². The smallest absolute Gasteiger partial charge is 0.467 e. The van der Waals surface area contributed by atoms with E-state index in [2.05, 4.69) is 18.9 Å². The number of aliphatic hydroxyl groups is 1. The largest absolute Gasteiger partial charge is 0.508 e. The topological polar surface area (TPSA) is 108 Å². The summed E-state index contributed by atoms with van der Waals surface area (Å²) < 4.78 is 16.9. The summed E-state index contributed by atoms with van der Waals surface area (Å²) in [6.07, 6.45) is -5.04. The van der Waals surface area contributed by atoms with Crippen LogP contribution in [0.2, 0.25) is 0 Å². The van der Waals surface area contributed by atoms with E-state index >= 15 is 0 Å². The normalized spacial score (nSPS) is 13.2.